The molecule has 1 heterocycles. The van der Waals surface area contributed by atoms with Gasteiger partial charge in [-0.05, 0) is 45.9 Å². The van der Waals surface area contributed by atoms with Crippen LogP contribution in [-0.4, -0.2) is 49.2 Å². The average Bonchev–Trinajstić information content (AvgIpc) is 2.51. The Labute approximate surface area is 132 Å². The van der Waals surface area contributed by atoms with Gasteiger partial charge >= 0.3 is 0 Å². The molecule has 2 unspecified atom stereocenters. The van der Waals surface area contributed by atoms with Gasteiger partial charge in [0.05, 0.1) is 13.2 Å². The van der Waals surface area contributed by atoms with Gasteiger partial charge in [0, 0.05) is 30.7 Å². The summed E-state index contributed by atoms with van der Waals surface area (Å²) in [5, 5.41) is 3.39. The zero-order valence-corrected chi connectivity index (χ0v) is 13.9. The summed E-state index contributed by atoms with van der Waals surface area (Å²) < 4.78 is 11.2. The lowest BCUT2D eigenvalue weighted by Gasteiger charge is -2.38. The molecule has 1 fully saturated rings. The van der Waals surface area contributed by atoms with E-state index < -0.39 is 0 Å². The molecular formula is C17H26N2O3. The molecule has 122 valence electrons. The molecule has 0 aromatic heterocycles. The Kier molecular flexibility index (Phi) is 5.66. The molecule has 0 aliphatic carbocycles. The summed E-state index contributed by atoms with van der Waals surface area (Å²) in [6.45, 7) is 10.7. The van der Waals surface area contributed by atoms with Crippen LogP contribution in [0.3, 0.4) is 0 Å². The number of hydrogen-bond donors (Lipinski definition) is 1. The molecule has 1 saturated heterocycles. The molecule has 0 spiro atoms. The largest absolute Gasteiger partial charge is 0.490 e. The standard InChI is InChI=1S/C17H26N2O3/c1-5-21-15-8-7-14(11-16(15)22-6-2)17(20)19-10-9-18-12(3)13(19)4/h7-8,11-13,18H,5-6,9-10H2,1-4H3. The summed E-state index contributed by atoms with van der Waals surface area (Å²) in [5.41, 5.74) is 0.646. The molecule has 0 bridgehead atoms. The van der Waals surface area contributed by atoms with E-state index in [4.69, 9.17) is 9.47 Å². The number of amides is 1. The number of benzene rings is 1. The van der Waals surface area contributed by atoms with E-state index >= 15 is 0 Å². The number of piperazine rings is 1. The molecule has 1 aromatic carbocycles. The molecule has 1 aliphatic rings. The molecule has 5 nitrogen and oxygen atoms in total. The molecule has 5 heteroatoms. The number of nitrogens with zero attached hydrogens (tertiary/aromatic N) is 1. The molecule has 2 atom stereocenters. The minimum Gasteiger partial charge on any atom is -0.490 e. The number of carbonyl (C=O) groups is 1. The van der Waals surface area contributed by atoms with E-state index in [9.17, 15) is 4.79 Å². The summed E-state index contributed by atoms with van der Waals surface area (Å²) in [7, 11) is 0. The maximum Gasteiger partial charge on any atom is 0.254 e. The molecule has 0 radical (unpaired) electrons. The third kappa shape index (κ3) is 3.53. The highest BCUT2D eigenvalue weighted by atomic mass is 16.5. The first-order chi connectivity index (χ1) is 10.6. The second-order valence-corrected chi connectivity index (χ2v) is 5.51. The van der Waals surface area contributed by atoms with Crippen molar-refractivity contribution in [2.75, 3.05) is 26.3 Å². The third-order valence-corrected chi connectivity index (χ3v) is 4.09. The minimum absolute atomic E-state index is 0.0462. The lowest BCUT2D eigenvalue weighted by atomic mass is 10.1. The van der Waals surface area contributed by atoms with Gasteiger partial charge in [-0.3, -0.25) is 4.79 Å². The quantitative estimate of drug-likeness (QED) is 0.907. The molecule has 0 saturated carbocycles. The topological polar surface area (TPSA) is 50.8 Å². The molecule has 2 rings (SSSR count). The van der Waals surface area contributed by atoms with Gasteiger partial charge in [0.25, 0.3) is 5.91 Å². The predicted molar refractivity (Wildman–Crippen MR) is 86.7 cm³/mol. The van der Waals surface area contributed by atoms with Crippen LogP contribution in [0.15, 0.2) is 18.2 Å². The van der Waals surface area contributed by atoms with Crippen molar-refractivity contribution in [2.24, 2.45) is 0 Å². The van der Waals surface area contributed by atoms with Crippen LogP contribution in [0.1, 0.15) is 38.1 Å². The van der Waals surface area contributed by atoms with E-state index in [-0.39, 0.29) is 11.9 Å². The van der Waals surface area contributed by atoms with E-state index in [1.807, 2.05) is 30.9 Å². The van der Waals surface area contributed by atoms with Crippen LogP contribution in [0.2, 0.25) is 0 Å². The normalized spacial score (nSPS) is 21.5. The Hall–Kier alpha value is -1.75. The van der Waals surface area contributed by atoms with Crippen molar-refractivity contribution in [1.82, 2.24) is 10.2 Å². The van der Waals surface area contributed by atoms with Gasteiger partial charge < -0.3 is 19.7 Å². The minimum atomic E-state index is 0.0462. The van der Waals surface area contributed by atoms with Crippen LogP contribution < -0.4 is 14.8 Å². The van der Waals surface area contributed by atoms with Gasteiger partial charge in [0.1, 0.15) is 0 Å². The van der Waals surface area contributed by atoms with Crippen molar-refractivity contribution in [3.63, 3.8) is 0 Å². The van der Waals surface area contributed by atoms with Gasteiger partial charge in [-0.2, -0.15) is 0 Å². The number of hydrogen-bond acceptors (Lipinski definition) is 4. The summed E-state index contributed by atoms with van der Waals surface area (Å²) >= 11 is 0. The number of nitrogens with one attached hydrogen (secondary N) is 1. The van der Waals surface area contributed by atoms with Crippen LogP contribution in [0, 0.1) is 0 Å². The molecule has 1 amide bonds. The summed E-state index contributed by atoms with van der Waals surface area (Å²) in [4.78, 5) is 14.7. The van der Waals surface area contributed by atoms with Gasteiger partial charge in [0.15, 0.2) is 11.5 Å². The van der Waals surface area contributed by atoms with Gasteiger partial charge in [-0.1, -0.05) is 0 Å². The second kappa shape index (κ2) is 7.49. The molecule has 22 heavy (non-hydrogen) atoms. The van der Waals surface area contributed by atoms with Crippen LogP contribution in [0.5, 0.6) is 11.5 Å². The highest BCUT2D eigenvalue weighted by Gasteiger charge is 2.29. The zero-order valence-electron chi connectivity index (χ0n) is 13.9. The van der Waals surface area contributed by atoms with Gasteiger partial charge in [-0.15, -0.1) is 0 Å². The first-order valence-corrected chi connectivity index (χ1v) is 8.02. The fourth-order valence-corrected chi connectivity index (χ4v) is 2.69. The van der Waals surface area contributed by atoms with Crippen molar-refractivity contribution in [3.05, 3.63) is 23.8 Å². The monoisotopic (exact) mass is 306 g/mol. The molecular weight excluding hydrogens is 280 g/mol. The highest BCUT2D eigenvalue weighted by Crippen LogP contribution is 2.29. The Morgan fingerprint density at radius 3 is 2.59 bits per heavy atom. The fraction of sp³-hybridized carbons (Fsp3) is 0.588. The first kappa shape index (κ1) is 16.6. The maximum absolute atomic E-state index is 12.8. The van der Waals surface area contributed by atoms with Gasteiger partial charge in [-0.25, -0.2) is 0 Å². The Morgan fingerprint density at radius 1 is 1.23 bits per heavy atom. The van der Waals surface area contributed by atoms with Crippen molar-refractivity contribution in [2.45, 2.75) is 39.8 Å². The van der Waals surface area contributed by atoms with E-state index in [1.165, 1.54) is 0 Å². The van der Waals surface area contributed by atoms with Crippen molar-refractivity contribution in [3.8, 4) is 11.5 Å². The summed E-state index contributed by atoms with van der Waals surface area (Å²) in [6, 6.07) is 5.89. The Balaban J connectivity index is 2.23. The Morgan fingerprint density at radius 2 is 1.91 bits per heavy atom. The van der Waals surface area contributed by atoms with E-state index in [2.05, 4.69) is 19.2 Å². The number of ether oxygens (including phenoxy) is 2. The predicted octanol–water partition coefficient (Wildman–Crippen LogP) is 2.31. The van der Waals surface area contributed by atoms with Crippen molar-refractivity contribution < 1.29 is 14.3 Å². The molecule has 1 aromatic rings. The first-order valence-electron chi connectivity index (χ1n) is 8.02. The summed E-state index contributed by atoms with van der Waals surface area (Å²) in [5.74, 6) is 1.36. The lowest BCUT2D eigenvalue weighted by Crippen LogP contribution is -2.57. The van der Waals surface area contributed by atoms with Crippen LogP contribution in [-0.2, 0) is 0 Å². The molecule has 1 N–H and O–H groups in total. The number of rotatable bonds is 5. The van der Waals surface area contributed by atoms with Crippen LogP contribution in [0.4, 0.5) is 0 Å². The zero-order chi connectivity index (χ0) is 16.1. The maximum atomic E-state index is 12.8. The van der Waals surface area contributed by atoms with E-state index in [0.717, 1.165) is 13.1 Å². The van der Waals surface area contributed by atoms with E-state index in [0.29, 0.717) is 36.3 Å². The van der Waals surface area contributed by atoms with Crippen LogP contribution in [0.25, 0.3) is 0 Å². The lowest BCUT2D eigenvalue weighted by molar-refractivity contribution is 0.0602. The number of carbonyl (C=O) groups excluding carboxylic acids is 1. The van der Waals surface area contributed by atoms with E-state index in [1.54, 1.807) is 6.07 Å². The van der Waals surface area contributed by atoms with Crippen molar-refractivity contribution in [1.29, 1.82) is 0 Å². The second-order valence-electron chi connectivity index (χ2n) is 5.51. The smallest absolute Gasteiger partial charge is 0.254 e. The highest BCUT2D eigenvalue weighted by molar-refractivity contribution is 5.95. The molecule has 1 aliphatic heterocycles. The Bertz CT molecular complexity index is 519. The van der Waals surface area contributed by atoms with Crippen LogP contribution >= 0.6 is 0 Å². The fourth-order valence-electron chi connectivity index (χ4n) is 2.69. The van der Waals surface area contributed by atoms with Crippen molar-refractivity contribution >= 4 is 5.91 Å². The summed E-state index contributed by atoms with van der Waals surface area (Å²) in [6.07, 6.45) is 0. The van der Waals surface area contributed by atoms with Gasteiger partial charge in [0.2, 0.25) is 0 Å². The average molecular weight is 306 g/mol. The third-order valence-electron chi connectivity index (χ3n) is 4.09. The SMILES string of the molecule is CCOc1ccc(C(=O)N2CCNC(C)C2C)cc1OCC.